The largest absolute Gasteiger partial charge is 0.326 e. The second kappa shape index (κ2) is 6.83. The van der Waals surface area contributed by atoms with Crippen LogP contribution in [0.3, 0.4) is 0 Å². The molecule has 2 nitrogen and oxygen atoms in total. The molecule has 1 atom stereocenters. The van der Waals surface area contributed by atoms with Gasteiger partial charge in [-0.2, -0.15) is 11.8 Å². The first-order chi connectivity index (χ1) is 8.79. The van der Waals surface area contributed by atoms with E-state index in [1.807, 2.05) is 30.0 Å². The van der Waals surface area contributed by atoms with Gasteiger partial charge in [0.05, 0.1) is 0 Å². The van der Waals surface area contributed by atoms with Gasteiger partial charge in [0.2, 0.25) is 5.91 Å². The monoisotopic (exact) mass is 263 g/mol. The Labute approximate surface area is 114 Å². The Morgan fingerprint density at radius 3 is 3.00 bits per heavy atom. The van der Waals surface area contributed by atoms with Crippen molar-refractivity contribution < 1.29 is 4.79 Å². The molecule has 0 bridgehead atoms. The third-order valence-corrected chi connectivity index (χ3v) is 4.69. The molecular formula is C15H21NOS. The average Bonchev–Trinajstić information content (AvgIpc) is 2.40. The lowest BCUT2D eigenvalue weighted by atomic mass is 10.0. The Bertz CT molecular complexity index is 399. The van der Waals surface area contributed by atoms with E-state index in [1.165, 1.54) is 24.2 Å². The predicted octanol–water partition coefficient (Wildman–Crippen LogP) is 3.72. The van der Waals surface area contributed by atoms with Crippen molar-refractivity contribution in [2.75, 3.05) is 16.8 Å². The fourth-order valence-corrected chi connectivity index (χ4v) is 3.54. The first kappa shape index (κ1) is 13.5. The molecule has 1 aromatic carbocycles. The Balaban J connectivity index is 1.90. The van der Waals surface area contributed by atoms with Crippen molar-refractivity contribution in [3.05, 3.63) is 29.8 Å². The van der Waals surface area contributed by atoms with E-state index in [4.69, 9.17) is 0 Å². The molecule has 1 aromatic rings. The SMILES string of the molecule is CCc1ccccc1NC(=O)CC1CCCSC1. The number of anilines is 1. The zero-order valence-electron chi connectivity index (χ0n) is 10.9. The fourth-order valence-electron chi connectivity index (χ4n) is 2.38. The molecule has 1 N–H and O–H groups in total. The van der Waals surface area contributed by atoms with Crippen LogP contribution >= 0.6 is 11.8 Å². The summed E-state index contributed by atoms with van der Waals surface area (Å²) >= 11 is 1.98. The number of hydrogen-bond acceptors (Lipinski definition) is 2. The highest BCUT2D eigenvalue weighted by Gasteiger charge is 2.17. The Morgan fingerprint density at radius 1 is 1.44 bits per heavy atom. The number of benzene rings is 1. The van der Waals surface area contributed by atoms with Crippen molar-refractivity contribution in [3.8, 4) is 0 Å². The van der Waals surface area contributed by atoms with Crippen LogP contribution in [0.2, 0.25) is 0 Å². The zero-order valence-corrected chi connectivity index (χ0v) is 11.8. The van der Waals surface area contributed by atoms with Gasteiger partial charge in [-0.1, -0.05) is 25.1 Å². The maximum Gasteiger partial charge on any atom is 0.224 e. The molecule has 1 fully saturated rings. The Morgan fingerprint density at radius 2 is 2.28 bits per heavy atom. The highest BCUT2D eigenvalue weighted by molar-refractivity contribution is 7.99. The maximum atomic E-state index is 12.0. The first-order valence-electron chi connectivity index (χ1n) is 6.75. The van der Waals surface area contributed by atoms with Crippen molar-refractivity contribution in [1.29, 1.82) is 0 Å². The summed E-state index contributed by atoms with van der Waals surface area (Å²) in [5.74, 6) is 3.14. The molecule has 0 radical (unpaired) electrons. The molecule has 1 saturated heterocycles. The number of thioether (sulfide) groups is 1. The Hall–Kier alpha value is -0.960. The molecular weight excluding hydrogens is 242 g/mol. The van der Waals surface area contributed by atoms with E-state index in [1.54, 1.807) is 0 Å². The van der Waals surface area contributed by atoms with Crippen molar-refractivity contribution in [2.24, 2.45) is 5.92 Å². The van der Waals surface area contributed by atoms with E-state index in [9.17, 15) is 4.79 Å². The second-order valence-electron chi connectivity index (χ2n) is 4.85. The van der Waals surface area contributed by atoms with Crippen LogP contribution in [-0.2, 0) is 11.2 Å². The summed E-state index contributed by atoms with van der Waals surface area (Å²) in [5.41, 5.74) is 2.19. The van der Waals surface area contributed by atoms with Crippen LogP contribution in [0.5, 0.6) is 0 Å². The van der Waals surface area contributed by atoms with Crippen molar-refractivity contribution in [2.45, 2.75) is 32.6 Å². The summed E-state index contributed by atoms with van der Waals surface area (Å²) in [6, 6.07) is 8.07. The lowest BCUT2D eigenvalue weighted by Gasteiger charge is -2.20. The number of aryl methyl sites for hydroxylation is 1. The normalized spacial score (nSPS) is 19.5. The molecule has 1 amide bonds. The molecule has 1 aliphatic rings. The minimum atomic E-state index is 0.170. The Kier molecular flexibility index (Phi) is 5.12. The first-order valence-corrected chi connectivity index (χ1v) is 7.90. The number of para-hydroxylation sites is 1. The number of carbonyl (C=O) groups is 1. The van der Waals surface area contributed by atoms with E-state index < -0.39 is 0 Å². The van der Waals surface area contributed by atoms with Gasteiger partial charge < -0.3 is 5.32 Å². The van der Waals surface area contributed by atoms with Crippen LogP contribution in [-0.4, -0.2) is 17.4 Å². The van der Waals surface area contributed by atoms with E-state index in [0.717, 1.165) is 17.9 Å². The number of hydrogen-bond donors (Lipinski definition) is 1. The summed E-state index contributed by atoms with van der Waals surface area (Å²) in [4.78, 5) is 12.0. The standard InChI is InChI=1S/C15H21NOS/c1-2-13-7-3-4-8-14(13)16-15(17)10-12-6-5-9-18-11-12/h3-4,7-8,12H,2,5-6,9-11H2,1H3,(H,16,17). The molecule has 2 rings (SSSR count). The summed E-state index contributed by atoms with van der Waals surface area (Å²) in [5, 5.41) is 3.06. The van der Waals surface area contributed by atoms with Crippen LogP contribution in [0.25, 0.3) is 0 Å². The fraction of sp³-hybridized carbons (Fsp3) is 0.533. The molecule has 1 aliphatic heterocycles. The smallest absolute Gasteiger partial charge is 0.224 e. The van der Waals surface area contributed by atoms with Crippen LogP contribution in [0, 0.1) is 5.92 Å². The number of carbonyl (C=O) groups excluding carboxylic acids is 1. The minimum Gasteiger partial charge on any atom is -0.326 e. The van der Waals surface area contributed by atoms with Crippen LogP contribution < -0.4 is 5.32 Å². The molecule has 0 aliphatic carbocycles. The van der Waals surface area contributed by atoms with Gasteiger partial charge in [-0.25, -0.2) is 0 Å². The number of rotatable bonds is 4. The van der Waals surface area contributed by atoms with Crippen LogP contribution in [0.15, 0.2) is 24.3 Å². The topological polar surface area (TPSA) is 29.1 Å². The van der Waals surface area contributed by atoms with Crippen LogP contribution in [0.4, 0.5) is 5.69 Å². The summed E-state index contributed by atoms with van der Waals surface area (Å²) < 4.78 is 0. The predicted molar refractivity (Wildman–Crippen MR) is 79.1 cm³/mol. The minimum absolute atomic E-state index is 0.170. The quantitative estimate of drug-likeness (QED) is 0.897. The van der Waals surface area contributed by atoms with Gasteiger partial charge in [0.25, 0.3) is 0 Å². The lowest BCUT2D eigenvalue weighted by molar-refractivity contribution is -0.117. The molecule has 98 valence electrons. The molecule has 0 spiro atoms. The van der Waals surface area contributed by atoms with Gasteiger partial charge >= 0.3 is 0 Å². The number of nitrogens with one attached hydrogen (secondary N) is 1. The second-order valence-corrected chi connectivity index (χ2v) is 6.00. The van der Waals surface area contributed by atoms with E-state index >= 15 is 0 Å². The summed E-state index contributed by atoms with van der Waals surface area (Å²) in [7, 11) is 0. The van der Waals surface area contributed by atoms with Crippen LogP contribution in [0.1, 0.15) is 31.7 Å². The van der Waals surface area contributed by atoms with Crippen molar-refractivity contribution in [3.63, 3.8) is 0 Å². The molecule has 18 heavy (non-hydrogen) atoms. The maximum absolute atomic E-state index is 12.0. The van der Waals surface area contributed by atoms with E-state index in [2.05, 4.69) is 18.3 Å². The zero-order chi connectivity index (χ0) is 12.8. The van der Waals surface area contributed by atoms with Gasteiger partial charge in [0.15, 0.2) is 0 Å². The van der Waals surface area contributed by atoms with Gasteiger partial charge in [0.1, 0.15) is 0 Å². The molecule has 3 heteroatoms. The highest BCUT2D eigenvalue weighted by Crippen LogP contribution is 2.25. The number of amides is 1. The van der Waals surface area contributed by atoms with Gasteiger partial charge in [-0.05, 0) is 48.3 Å². The van der Waals surface area contributed by atoms with Gasteiger partial charge in [-0.3, -0.25) is 4.79 Å². The summed E-state index contributed by atoms with van der Waals surface area (Å²) in [6.07, 6.45) is 4.09. The van der Waals surface area contributed by atoms with Gasteiger partial charge in [-0.15, -0.1) is 0 Å². The molecule has 0 saturated carbocycles. The van der Waals surface area contributed by atoms with Crippen molar-refractivity contribution in [1.82, 2.24) is 0 Å². The van der Waals surface area contributed by atoms with Crippen molar-refractivity contribution >= 4 is 23.4 Å². The van der Waals surface area contributed by atoms with E-state index in [0.29, 0.717) is 12.3 Å². The highest BCUT2D eigenvalue weighted by atomic mass is 32.2. The third kappa shape index (κ3) is 3.77. The molecule has 0 aromatic heterocycles. The summed E-state index contributed by atoms with van der Waals surface area (Å²) in [6.45, 7) is 2.11. The van der Waals surface area contributed by atoms with Gasteiger partial charge in [0, 0.05) is 12.1 Å². The lowest BCUT2D eigenvalue weighted by Crippen LogP contribution is -2.20. The van der Waals surface area contributed by atoms with E-state index in [-0.39, 0.29) is 5.91 Å². The third-order valence-electron chi connectivity index (χ3n) is 3.40. The molecule has 1 heterocycles. The average molecular weight is 263 g/mol. The molecule has 1 unspecified atom stereocenters.